The van der Waals surface area contributed by atoms with E-state index in [0.29, 0.717) is 0 Å². The topological polar surface area (TPSA) is 49.3 Å². The van der Waals surface area contributed by atoms with Gasteiger partial charge in [0.1, 0.15) is 0 Å². The van der Waals surface area contributed by atoms with Crippen LogP contribution in [0.25, 0.3) is 6.08 Å². The second kappa shape index (κ2) is 8.58. The molecule has 0 aromatic heterocycles. The van der Waals surface area contributed by atoms with Crippen LogP contribution in [-0.4, -0.2) is 11.1 Å². The molecule has 0 fully saturated rings. The minimum atomic E-state index is -0.922. The van der Waals surface area contributed by atoms with E-state index in [-0.39, 0.29) is 0 Å². The van der Waals surface area contributed by atoms with Gasteiger partial charge < -0.3 is 10.4 Å². The van der Waals surface area contributed by atoms with Crippen LogP contribution in [0.2, 0.25) is 0 Å². The SMILES string of the molecule is C1=CC=CNC=C1.O=C(O)C=Cc1ccccc1. The maximum Gasteiger partial charge on any atom is 0.328 e. The van der Waals surface area contributed by atoms with E-state index in [1.165, 1.54) is 0 Å². The molecule has 0 amide bonds. The zero-order valence-electron chi connectivity index (χ0n) is 9.86. The number of carboxylic acids is 1. The van der Waals surface area contributed by atoms with E-state index in [2.05, 4.69) is 5.32 Å². The van der Waals surface area contributed by atoms with E-state index in [4.69, 9.17) is 5.11 Å². The Kier molecular flexibility index (Phi) is 6.45. The smallest absolute Gasteiger partial charge is 0.328 e. The monoisotopic (exact) mass is 241 g/mol. The molecule has 0 radical (unpaired) electrons. The zero-order valence-corrected chi connectivity index (χ0v) is 9.86. The van der Waals surface area contributed by atoms with Crippen LogP contribution < -0.4 is 5.32 Å². The van der Waals surface area contributed by atoms with Crippen molar-refractivity contribution < 1.29 is 9.90 Å². The molecule has 0 unspecified atom stereocenters. The van der Waals surface area contributed by atoms with Crippen LogP contribution in [0.4, 0.5) is 0 Å². The van der Waals surface area contributed by atoms with Gasteiger partial charge in [-0.3, -0.25) is 0 Å². The molecule has 1 aliphatic heterocycles. The fraction of sp³-hybridized carbons (Fsp3) is 0. The molecule has 1 heterocycles. The molecule has 0 spiro atoms. The molecule has 3 heteroatoms. The summed E-state index contributed by atoms with van der Waals surface area (Å²) in [5.74, 6) is -0.922. The first-order valence-corrected chi connectivity index (χ1v) is 5.49. The third-order valence-electron chi connectivity index (χ3n) is 1.94. The van der Waals surface area contributed by atoms with E-state index < -0.39 is 5.97 Å². The molecule has 3 nitrogen and oxygen atoms in total. The highest BCUT2D eigenvalue weighted by Crippen LogP contribution is 1.99. The van der Waals surface area contributed by atoms with Gasteiger partial charge in [0.2, 0.25) is 0 Å². The number of carbonyl (C=O) groups is 1. The van der Waals surface area contributed by atoms with Crippen LogP contribution >= 0.6 is 0 Å². The summed E-state index contributed by atoms with van der Waals surface area (Å²) in [6.07, 6.45) is 14.3. The molecule has 0 saturated carbocycles. The third-order valence-corrected chi connectivity index (χ3v) is 1.94. The summed E-state index contributed by atoms with van der Waals surface area (Å²) < 4.78 is 0. The lowest BCUT2D eigenvalue weighted by Gasteiger charge is -1.87. The average molecular weight is 241 g/mol. The summed E-state index contributed by atoms with van der Waals surface area (Å²) in [7, 11) is 0. The molecule has 0 atom stereocenters. The number of aliphatic carboxylic acids is 1. The Balaban J connectivity index is 0.000000199. The van der Waals surface area contributed by atoms with E-state index in [1.54, 1.807) is 6.08 Å². The van der Waals surface area contributed by atoms with Gasteiger partial charge in [0.05, 0.1) is 0 Å². The normalized spacial score (nSPS) is 12.4. The van der Waals surface area contributed by atoms with E-state index >= 15 is 0 Å². The second-order valence-electron chi connectivity index (χ2n) is 3.35. The van der Waals surface area contributed by atoms with Crippen LogP contribution in [-0.2, 0) is 4.79 Å². The van der Waals surface area contributed by atoms with Crippen LogP contribution in [0.3, 0.4) is 0 Å². The van der Waals surface area contributed by atoms with Crippen molar-refractivity contribution in [1.29, 1.82) is 0 Å². The number of allylic oxidation sites excluding steroid dienone is 4. The largest absolute Gasteiger partial charge is 0.478 e. The highest BCUT2D eigenvalue weighted by Gasteiger charge is 1.85. The number of nitrogens with one attached hydrogen (secondary N) is 1. The molecule has 0 bridgehead atoms. The quantitative estimate of drug-likeness (QED) is 0.783. The minimum Gasteiger partial charge on any atom is -0.478 e. The van der Waals surface area contributed by atoms with Gasteiger partial charge in [-0.15, -0.1) is 0 Å². The summed E-state index contributed by atoms with van der Waals surface area (Å²) in [6.45, 7) is 0. The number of hydrogen-bond donors (Lipinski definition) is 2. The fourth-order valence-electron chi connectivity index (χ4n) is 1.14. The third kappa shape index (κ3) is 6.85. The van der Waals surface area contributed by atoms with Crippen molar-refractivity contribution in [2.24, 2.45) is 0 Å². The highest BCUT2D eigenvalue weighted by atomic mass is 16.4. The Morgan fingerprint density at radius 3 is 2.17 bits per heavy atom. The standard InChI is InChI=1S/C9H8O2.C6H7N/c10-9(11)7-6-8-4-2-1-3-5-8;1-2-4-6-7-5-3-1/h1-7H,(H,10,11);1-7H. The first-order valence-electron chi connectivity index (χ1n) is 5.49. The van der Waals surface area contributed by atoms with Crippen molar-refractivity contribution in [3.63, 3.8) is 0 Å². The summed E-state index contributed by atoms with van der Waals surface area (Å²) in [4.78, 5) is 10.1. The first kappa shape index (κ1) is 13.5. The lowest BCUT2D eigenvalue weighted by Crippen LogP contribution is -1.87. The van der Waals surface area contributed by atoms with Gasteiger partial charge >= 0.3 is 5.97 Å². The van der Waals surface area contributed by atoms with Gasteiger partial charge in [-0.25, -0.2) is 4.79 Å². The first-order chi connectivity index (χ1) is 8.79. The Morgan fingerprint density at radius 1 is 1.00 bits per heavy atom. The van der Waals surface area contributed by atoms with Gasteiger partial charge in [-0.1, -0.05) is 42.5 Å². The van der Waals surface area contributed by atoms with E-state index in [0.717, 1.165) is 11.6 Å². The summed E-state index contributed by atoms with van der Waals surface area (Å²) >= 11 is 0. The molecule has 1 aromatic carbocycles. The Labute approximate surface area is 106 Å². The van der Waals surface area contributed by atoms with E-state index in [1.807, 2.05) is 67.0 Å². The molecule has 2 rings (SSSR count). The molecule has 1 aromatic rings. The zero-order chi connectivity index (χ0) is 13.1. The van der Waals surface area contributed by atoms with Crippen molar-refractivity contribution in [2.45, 2.75) is 0 Å². The molecule has 1 aliphatic rings. The Morgan fingerprint density at radius 2 is 1.61 bits per heavy atom. The average Bonchev–Trinajstić information content (AvgIpc) is 2.70. The van der Waals surface area contributed by atoms with Gasteiger partial charge in [0.15, 0.2) is 0 Å². The van der Waals surface area contributed by atoms with Gasteiger partial charge in [-0.05, 0) is 23.8 Å². The van der Waals surface area contributed by atoms with Crippen LogP contribution in [0.5, 0.6) is 0 Å². The van der Waals surface area contributed by atoms with Gasteiger partial charge in [-0.2, -0.15) is 0 Å². The van der Waals surface area contributed by atoms with Crippen LogP contribution in [0.15, 0.2) is 73.1 Å². The van der Waals surface area contributed by atoms with E-state index in [9.17, 15) is 4.79 Å². The molecule has 0 aliphatic carbocycles. The number of benzene rings is 1. The predicted octanol–water partition coefficient (Wildman–Crippen LogP) is 2.96. The lowest BCUT2D eigenvalue weighted by atomic mass is 10.2. The minimum absolute atomic E-state index is 0.898. The Hall–Kier alpha value is -2.55. The maximum absolute atomic E-state index is 10.1. The van der Waals surface area contributed by atoms with Crippen molar-refractivity contribution in [3.05, 3.63) is 78.7 Å². The highest BCUT2D eigenvalue weighted by molar-refractivity contribution is 5.85. The Bertz CT molecular complexity index is 457. The lowest BCUT2D eigenvalue weighted by molar-refractivity contribution is -0.131. The summed E-state index contributed by atoms with van der Waals surface area (Å²) in [5.41, 5.74) is 0.898. The van der Waals surface area contributed by atoms with Crippen molar-refractivity contribution >= 4 is 12.0 Å². The maximum atomic E-state index is 10.1. The van der Waals surface area contributed by atoms with Crippen molar-refractivity contribution in [3.8, 4) is 0 Å². The fourth-order valence-corrected chi connectivity index (χ4v) is 1.14. The summed E-state index contributed by atoms with van der Waals surface area (Å²) in [5, 5.41) is 11.2. The predicted molar refractivity (Wildman–Crippen MR) is 73.7 cm³/mol. The molecular formula is C15H15NO2. The molecule has 18 heavy (non-hydrogen) atoms. The van der Waals surface area contributed by atoms with Gasteiger partial charge in [0, 0.05) is 18.5 Å². The molecule has 92 valence electrons. The molecular weight excluding hydrogens is 226 g/mol. The van der Waals surface area contributed by atoms with Crippen molar-refractivity contribution in [1.82, 2.24) is 5.32 Å². The van der Waals surface area contributed by atoms with Gasteiger partial charge in [0.25, 0.3) is 0 Å². The number of carboxylic acid groups (broad SMARTS) is 1. The van der Waals surface area contributed by atoms with Crippen LogP contribution in [0, 0.1) is 0 Å². The van der Waals surface area contributed by atoms with Crippen molar-refractivity contribution in [2.75, 3.05) is 0 Å². The number of hydrogen-bond acceptors (Lipinski definition) is 2. The summed E-state index contributed by atoms with van der Waals surface area (Å²) in [6, 6.07) is 9.31. The van der Waals surface area contributed by atoms with Crippen LogP contribution in [0.1, 0.15) is 5.56 Å². The second-order valence-corrected chi connectivity index (χ2v) is 3.35. The molecule has 2 N–H and O–H groups in total. The number of rotatable bonds is 2. The molecule has 0 saturated heterocycles.